The number of nitrogens with zero attached hydrogens (tertiary/aromatic N) is 2. The molecule has 0 saturated carbocycles. The minimum atomic E-state index is -0.304. The van der Waals surface area contributed by atoms with E-state index < -0.39 is 0 Å². The Morgan fingerprint density at radius 2 is 1.55 bits per heavy atom. The molecule has 0 spiro atoms. The van der Waals surface area contributed by atoms with E-state index in [1.807, 2.05) is 20.8 Å². The minimum absolute atomic E-state index is 0.0126. The number of rotatable bonds is 6. The van der Waals surface area contributed by atoms with Crippen molar-refractivity contribution in [3.8, 4) is 17.2 Å². The van der Waals surface area contributed by atoms with Gasteiger partial charge < -0.3 is 29.3 Å². The van der Waals surface area contributed by atoms with E-state index in [9.17, 15) is 14.4 Å². The fourth-order valence-corrected chi connectivity index (χ4v) is 4.54. The average molecular weight is 462 g/mol. The molecule has 0 bridgehead atoms. The molecule has 33 heavy (non-hydrogen) atoms. The molecule has 2 saturated heterocycles. The first-order valence-corrected chi connectivity index (χ1v) is 11.3. The van der Waals surface area contributed by atoms with Crippen molar-refractivity contribution in [3.05, 3.63) is 12.1 Å². The summed E-state index contributed by atoms with van der Waals surface area (Å²) in [5.41, 5.74) is 0.268. The van der Waals surface area contributed by atoms with Gasteiger partial charge in [-0.3, -0.25) is 14.4 Å². The summed E-state index contributed by atoms with van der Waals surface area (Å²) in [6.07, 6.45) is 1.41. The second-order valence-corrected chi connectivity index (χ2v) is 9.58. The molecule has 1 aromatic rings. The standard InChI is InChI=1S/C24H35N3O6/c1-24(2,3)27-14-16(11-20(27)28)23(30)26-9-7-15(8-10-26)22(29)25-17-12-18(31-4)21(33-6)19(13-17)32-5/h12-13,15-16H,7-11,14H2,1-6H3,(H,25,29). The minimum Gasteiger partial charge on any atom is -0.493 e. The summed E-state index contributed by atoms with van der Waals surface area (Å²) in [5, 5.41) is 2.93. The van der Waals surface area contributed by atoms with Crippen LogP contribution in [0.2, 0.25) is 0 Å². The summed E-state index contributed by atoms with van der Waals surface area (Å²) in [6.45, 7) is 7.42. The number of carbonyl (C=O) groups excluding carboxylic acids is 3. The third kappa shape index (κ3) is 5.34. The van der Waals surface area contributed by atoms with Crippen LogP contribution >= 0.6 is 0 Å². The molecule has 3 amide bonds. The first-order valence-electron chi connectivity index (χ1n) is 11.3. The number of hydrogen-bond acceptors (Lipinski definition) is 6. The van der Waals surface area contributed by atoms with E-state index in [4.69, 9.17) is 14.2 Å². The Labute approximate surface area is 195 Å². The number of benzene rings is 1. The Hall–Kier alpha value is -2.97. The molecular formula is C24H35N3O6. The van der Waals surface area contributed by atoms with E-state index >= 15 is 0 Å². The van der Waals surface area contributed by atoms with Crippen LogP contribution in [0.15, 0.2) is 12.1 Å². The lowest BCUT2D eigenvalue weighted by atomic mass is 9.94. The van der Waals surface area contributed by atoms with Crippen LogP contribution in [-0.2, 0) is 14.4 Å². The monoisotopic (exact) mass is 461 g/mol. The van der Waals surface area contributed by atoms with Crippen molar-refractivity contribution in [1.29, 1.82) is 0 Å². The number of carbonyl (C=O) groups is 3. The number of anilines is 1. The molecular weight excluding hydrogens is 426 g/mol. The summed E-state index contributed by atoms with van der Waals surface area (Å²) in [7, 11) is 4.57. The molecule has 0 radical (unpaired) electrons. The molecule has 0 aromatic heterocycles. The molecule has 3 rings (SSSR count). The van der Waals surface area contributed by atoms with Crippen LogP contribution in [0, 0.1) is 11.8 Å². The Morgan fingerprint density at radius 1 is 0.970 bits per heavy atom. The molecule has 2 aliphatic rings. The maximum Gasteiger partial charge on any atom is 0.227 e. The number of likely N-dealkylation sites (tertiary alicyclic amines) is 2. The highest BCUT2D eigenvalue weighted by atomic mass is 16.5. The predicted octanol–water partition coefficient (Wildman–Crippen LogP) is 2.54. The van der Waals surface area contributed by atoms with Gasteiger partial charge in [-0.05, 0) is 33.6 Å². The molecule has 1 atom stereocenters. The molecule has 2 heterocycles. The Kier molecular flexibility index (Phi) is 7.39. The first kappa shape index (κ1) is 24.7. The van der Waals surface area contributed by atoms with E-state index in [0.29, 0.717) is 55.4 Å². The summed E-state index contributed by atoms with van der Waals surface area (Å²) in [5.74, 6) is 0.808. The highest BCUT2D eigenvalue weighted by molar-refractivity contribution is 5.94. The zero-order valence-corrected chi connectivity index (χ0v) is 20.4. The topological polar surface area (TPSA) is 97.4 Å². The van der Waals surface area contributed by atoms with Gasteiger partial charge in [0.2, 0.25) is 23.5 Å². The van der Waals surface area contributed by atoms with Gasteiger partial charge in [0.25, 0.3) is 0 Å². The molecule has 9 heteroatoms. The Morgan fingerprint density at radius 3 is 2.00 bits per heavy atom. The number of ether oxygens (including phenoxy) is 3. The van der Waals surface area contributed by atoms with Crippen LogP contribution in [0.4, 0.5) is 5.69 Å². The van der Waals surface area contributed by atoms with Crippen molar-refractivity contribution in [2.45, 2.75) is 45.6 Å². The van der Waals surface area contributed by atoms with Crippen LogP contribution in [0.1, 0.15) is 40.0 Å². The van der Waals surface area contributed by atoms with E-state index in [0.717, 1.165) is 0 Å². The lowest BCUT2D eigenvalue weighted by Gasteiger charge is -2.34. The number of methoxy groups -OCH3 is 3. The van der Waals surface area contributed by atoms with Gasteiger partial charge in [-0.15, -0.1) is 0 Å². The molecule has 1 unspecified atom stereocenters. The fraction of sp³-hybridized carbons (Fsp3) is 0.625. The van der Waals surface area contributed by atoms with Crippen molar-refractivity contribution in [2.75, 3.05) is 46.3 Å². The van der Waals surface area contributed by atoms with Crippen LogP contribution in [0.25, 0.3) is 0 Å². The van der Waals surface area contributed by atoms with Crippen molar-refractivity contribution in [2.24, 2.45) is 11.8 Å². The van der Waals surface area contributed by atoms with Gasteiger partial charge >= 0.3 is 0 Å². The lowest BCUT2D eigenvalue weighted by molar-refractivity contribution is -0.138. The normalized spacial score (nSPS) is 19.5. The molecule has 182 valence electrons. The van der Waals surface area contributed by atoms with Gasteiger partial charge in [-0.1, -0.05) is 0 Å². The van der Waals surface area contributed by atoms with Crippen LogP contribution < -0.4 is 19.5 Å². The van der Waals surface area contributed by atoms with Gasteiger partial charge in [0, 0.05) is 55.3 Å². The van der Waals surface area contributed by atoms with Crippen molar-refractivity contribution < 1.29 is 28.6 Å². The zero-order valence-electron chi connectivity index (χ0n) is 20.4. The second-order valence-electron chi connectivity index (χ2n) is 9.58. The molecule has 1 aromatic carbocycles. The van der Waals surface area contributed by atoms with Gasteiger partial charge in [0.05, 0.1) is 27.2 Å². The maximum absolute atomic E-state index is 13.0. The predicted molar refractivity (Wildman–Crippen MR) is 124 cm³/mol. The second kappa shape index (κ2) is 9.89. The fourth-order valence-electron chi connectivity index (χ4n) is 4.54. The summed E-state index contributed by atoms with van der Waals surface area (Å²) in [4.78, 5) is 41.8. The van der Waals surface area contributed by atoms with Crippen molar-refractivity contribution in [1.82, 2.24) is 9.80 Å². The van der Waals surface area contributed by atoms with E-state index in [1.54, 1.807) is 21.9 Å². The highest BCUT2D eigenvalue weighted by Crippen LogP contribution is 2.40. The lowest BCUT2D eigenvalue weighted by Crippen LogP contribution is -2.46. The molecule has 2 fully saturated rings. The van der Waals surface area contributed by atoms with Crippen molar-refractivity contribution >= 4 is 23.4 Å². The van der Waals surface area contributed by atoms with E-state index in [2.05, 4.69) is 5.32 Å². The Balaban J connectivity index is 1.57. The summed E-state index contributed by atoms with van der Waals surface area (Å²) < 4.78 is 16.0. The number of nitrogens with one attached hydrogen (secondary N) is 1. The summed E-state index contributed by atoms with van der Waals surface area (Å²) in [6, 6.07) is 3.38. The third-order valence-electron chi connectivity index (χ3n) is 6.39. The molecule has 2 aliphatic heterocycles. The quantitative estimate of drug-likeness (QED) is 0.699. The van der Waals surface area contributed by atoms with Crippen LogP contribution in [0.5, 0.6) is 17.2 Å². The number of amides is 3. The maximum atomic E-state index is 13.0. The number of piperidine rings is 1. The zero-order chi connectivity index (χ0) is 24.3. The first-order chi connectivity index (χ1) is 15.6. The van der Waals surface area contributed by atoms with Crippen LogP contribution in [0.3, 0.4) is 0 Å². The SMILES string of the molecule is COc1cc(NC(=O)C2CCN(C(=O)C3CC(=O)N(C(C)(C)C)C3)CC2)cc(OC)c1OC. The molecule has 0 aliphatic carbocycles. The van der Waals surface area contributed by atoms with Crippen molar-refractivity contribution in [3.63, 3.8) is 0 Å². The largest absolute Gasteiger partial charge is 0.493 e. The molecule has 9 nitrogen and oxygen atoms in total. The third-order valence-corrected chi connectivity index (χ3v) is 6.39. The highest BCUT2D eigenvalue weighted by Gasteiger charge is 2.41. The van der Waals surface area contributed by atoms with E-state index in [-0.39, 0.29) is 41.5 Å². The number of hydrogen-bond donors (Lipinski definition) is 1. The smallest absolute Gasteiger partial charge is 0.227 e. The average Bonchev–Trinajstić information content (AvgIpc) is 3.20. The molecule has 1 N–H and O–H groups in total. The van der Waals surface area contributed by atoms with Gasteiger partial charge in [0.15, 0.2) is 11.5 Å². The summed E-state index contributed by atoms with van der Waals surface area (Å²) >= 11 is 0. The van der Waals surface area contributed by atoms with E-state index in [1.165, 1.54) is 21.3 Å². The Bertz CT molecular complexity index is 877. The van der Waals surface area contributed by atoms with Gasteiger partial charge in [-0.25, -0.2) is 0 Å². The van der Waals surface area contributed by atoms with Crippen LogP contribution in [-0.4, -0.2) is 74.0 Å². The van der Waals surface area contributed by atoms with Gasteiger partial charge in [0.1, 0.15) is 0 Å². The van der Waals surface area contributed by atoms with Gasteiger partial charge in [-0.2, -0.15) is 0 Å².